The van der Waals surface area contributed by atoms with E-state index in [0.29, 0.717) is 24.0 Å². The van der Waals surface area contributed by atoms with Crippen LogP contribution in [-0.4, -0.2) is 22.5 Å². The summed E-state index contributed by atoms with van der Waals surface area (Å²) >= 11 is 2.99. The van der Waals surface area contributed by atoms with Gasteiger partial charge in [0, 0.05) is 16.3 Å². The van der Waals surface area contributed by atoms with E-state index in [9.17, 15) is 4.79 Å². The molecule has 0 saturated carbocycles. The SMILES string of the molecule is CCOC(=O)c1csc(NCc2csc(-c3ccccc3)n2)n1. The van der Waals surface area contributed by atoms with Crippen LogP contribution in [0.1, 0.15) is 23.1 Å². The van der Waals surface area contributed by atoms with Crippen molar-refractivity contribution in [3.05, 3.63) is 52.5 Å². The molecule has 1 N–H and O–H groups in total. The van der Waals surface area contributed by atoms with Gasteiger partial charge in [-0.25, -0.2) is 14.8 Å². The van der Waals surface area contributed by atoms with Gasteiger partial charge in [0.25, 0.3) is 0 Å². The van der Waals surface area contributed by atoms with Crippen LogP contribution in [0.2, 0.25) is 0 Å². The van der Waals surface area contributed by atoms with Crippen molar-refractivity contribution in [2.24, 2.45) is 0 Å². The first-order valence-corrected chi connectivity index (χ1v) is 8.88. The fraction of sp³-hybridized carbons (Fsp3) is 0.188. The highest BCUT2D eigenvalue weighted by Gasteiger charge is 2.11. The van der Waals surface area contributed by atoms with Crippen molar-refractivity contribution in [2.45, 2.75) is 13.5 Å². The van der Waals surface area contributed by atoms with Gasteiger partial charge in [-0.2, -0.15) is 0 Å². The second kappa shape index (κ2) is 7.34. The van der Waals surface area contributed by atoms with Gasteiger partial charge < -0.3 is 10.1 Å². The monoisotopic (exact) mass is 345 g/mol. The fourth-order valence-electron chi connectivity index (χ4n) is 1.92. The van der Waals surface area contributed by atoms with Crippen LogP contribution in [0, 0.1) is 0 Å². The second-order valence-corrected chi connectivity index (χ2v) is 6.34. The number of carbonyl (C=O) groups is 1. The normalized spacial score (nSPS) is 10.5. The minimum Gasteiger partial charge on any atom is -0.461 e. The molecule has 2 aromatic heterocycles. The van der Waals surface area contributed by atoms with Crippen molar-refractivity contribution in [3.63, 3.8) is 0 Å². The van der Waals surface area contributed by atoms with Gasteiger partial charge in [-0.15, -0.1) is 22.7 Å². The highest BCUT2D eigenvalue weighted by atomic mass is 32.1. The molecule has 0 amide bonds. The molecule has 0 aliphatic heterocycles. The maximum absolute atomic E-state index is 11.6. The van der Waals surface area contributed by atoms with Gasteiger partial charge in [0.15, 0.2) is 10.8 Å². The smallest absolute Gasteiger partial charge is 0.357 e. The fourth-order valence-corrected chi connectivity index (χ4v) is 3.43. The highest BCUT2D eigenvalue weighted by Crippen LogP contribution is 2.24. The van der Waals surface area contributed by atoms with E-state index in [0.717, 1.165) is 16.3 Å². The molecule has 0 aliphatic carbocycles. The maximum atomic E-state index is 11.6. The summed E-state index contributed by atoms with van der Waals surface area (Å²) in [5.74, 6) is -0.392. The lowest BCUT2D eigenvalue weighted by molar-refractivity contribution is 0.0520. The van der Waals surface area contributed by atoms with E-state index in [4.69, 9.17) is 4.74 Å². The average molecular weight is 345 g/mol. The Kier molecular flexibility index (Phi) is 4.99. The summed E-state index contributed by atoms with van der Waals surface area (Å²) in [6.07, 6.45) is 0. The van der Waals surface area contributed by atoms with E-state index in [1.165, 1.54) is 11.3 Å². The van der Waals surface area contributed by atoms with Crippen molar-refractivity contribution in [3.8, 4) is 10.6 Å². The number of thiazole rings is 2. The molecule has 3 aromatic rings. The maximum Gasteiger partial charge on any atom is 0.357 e. The Balaban J connectivity index is 1.61. The van der Waals surface area contributed by atoms with Crippen LogP contribution in [0.25, 0.3) is 10.6 Å². The van der Waals surface area contributed by atoms with Gasteiger partial charge in [0.2, 0.25) is 0 Å². The molecule has 0 saturated heterocycles. The van der Waals surface area contributed by atoms with Crippen LogP contribution in [0.4, 0.5) is 5.13 Å². The molecule has 7 heteroatoms. The van der Waals surface area contributed by atoms with Crippen molar-refractivity contribution < 1.29 is 9.53 Å². The minimum atomic E-state index is -0.392. The van der Waals surface area contributed by atoms with Crippen LogP contribution >= 0.6 is 22.7 Å². The summed E-state index contributed by atoms with van der Waals surface area (Å²) in [6, 6.07) is 10.1. The number of nitrogens with zero attached hydrogens (tertiary/aromatic N) is 2. The zero-order valence-electron chi connectivity index (χ0n) is 12.5. The molecule has 23 heavy (non-hydrogen) atoms. The van der Waals surface area contributed by atoms with Gasteiger partial charge in [0.1, 0.15) is 5.01 Å². The van der Waals surface area contributed by atoms with Crippen molar-refractivity contribution in [2.75, 3.05) is 11.9 Å². The summed E-state index contributed by atoms with van der Waals surface area (Å²) in [5, 5.41) is 8.58. The third-order valence-corrected chi connectivity index (χ3v) is 4.72. The van der Waals surface area contributed by atoms with Crippen LogP contribution in [0.15, 0.2) is 41.1 Å². The molecule has 118 valence electrons. The van der Waals surface area contributed by atoms with Gasteiger partial charge in [-0.05, 0) is 6.92 Å². The molecule has 0 unspecified atom stereocenters. The number of hydrogen-bond acceptors (Lipinski definition) is 7. The summed E-state index contributed by atoms with van der Waals surface area (Å²) in [7, 11) is 0. The first-order valence-electron chi connectivity index (χ1n) is 7.12. The van der Waals surface area contributed by atoms with E-state index in [-0.39, 0.29) is 0 Å². The molecule has 0 fully saturated rings. The summed E-state index contributed by atoms with van der Waals surface area (Å²) in [5.41, 5.74) is 2.40. The largest absolute Gasteiger partial charge is 0.461 e. The Morgan fingerprint density at radius 2 is 2.00 bits per heavy atom. The van der Waals surface area contributed by atoms with Crippen LogP contribution in [0.3, 0.4) is 0 Å². The number of hydrogen-bond donors (Lipinski definition) is 1. The third-order valence-electron chi connectivity index (χ3n) is 2.98. The van der Waals surface area contributed by atoms with E-state index in [2.05, 4.69) is 15.3 Å². The Hall–Kier alpha value is -2.25. The number of aromatic nitrogens is 2. The number of ether oxygens (including phenoxy) is 1. The lowest BCUT2D eigenvalue weighted by Crippen LogP contribution is -2.05. The Morgan fingerprint density at radius 3 is 2.78 bits per heavy atom. The summed E-state index contributed by atoms with van der Waals surface area (Å²) in [6.45, 7) is 2.69. The molecule has 0 spiro atoms. The molecule has 0 bridgehead atoms. The zero-order valence-corrected chi connectivity index (χ0v) is 14.1. The summed E-state index contributed by atoms with van der Waals surface area (Å²) < 4.78 is 4.92. The van der Waals surface area contributed by atoms with Crippen molar-refractivity contribution in [1.82, 2.24) is 9.97 Å². The number of benzene rings is 1. The molecule has 5 nitrogen and oxygen atoms in total. The minimum absolute atomic E-state index is 0.336. The Labute approximate surface area is 142 Å². The van der Waals surface area contributed by atoms with Crippen LogP contribution in [-0.2, 0) is 11.3 Å². The van der Waals surface area contributed by atoms with E-state index in [1.54, 1.807) is 23.6 Å². The Morgan fingerprint density at radius 1 is 1.17 bits per heavy atom. The number of esters is 1. The highest BCUT2D eigenvalue weighted by molar-refractivity contribution is 7.14. The van der Waals surface area contributed by atoms with Gasteiger partial charge in [-0.3, -0.25) is 0 Å². The average Bonchev–Trinajstić information content (AvgIpc) is 3.23. The standard InChI is InChI=1S/C16H15N3O2S2/c1-2-21-15(20)13-10-23-16(19-13)17-8-12-9-22-14(18-12)11-6-4-3-5-7-11/h3-7,9-10H,2,8H2,1H3,(H,17,19). The van der Waals surface area contributed by atoms with Crippen LogP contribution in [0.5, 0.6) is 0 Å². The zero-order chi connectivity index (χ0) is 16.1. The molecule has 0 aliphatic rings. The van der Waals surface area contributed by atoms with E-state index in [1.807, 2.05) is 35.7 Å². The van der Waals surface area contributed by atoms with E-state index < -0.39 is 5.97 Å². The topological polar surface area (TPSA) is 64.1 Å². The van der Waals surface area contributed by atoms with Crippen LogP contribution < -0.4 is 5.32 Å². The van der Waals surface area contributed by atoms with Crippen molar-refractivity contribution >= 4 is 33.8 Å². The molecular weight excluding hydrogens is 330 g/mol. The summed E-state index contributed by atoms with van der Waals surface area (Å²) in [4.78, 5) is 20.4. The number of nitrogens with one attached hydrogen (secondary N) is 1. The molecule has 1 aromatic carbocycles. The second-order valence-electron chi connectivity index (χ2n) is 4.62. The predicted molar refractivity (Wildman–Crippen MR) is 92.9 cm³/mol. The number of rotatable bonds is 6. The molecule has 0 radical (unpaired) electrons. The quantitative estimate of drug-likeness (QED) is 0.683. The molecule has 3 rings (SSSR count). The number of anilines is 1. The lowest BCUT2D eigenvalue weighted by Gasteiger charge is -1.99. The molecule has 0 atom stereocenters. The van der Waals surface area contributed by atoms with Gasteiger partial charge in [0.05, 0.1) is 18.8 Å². The van der Waals surface area contributed by atoms with E-state index >= 15 is 0 Å². The third kappa shape index (κ3) is 3.94. The predicted octanol–water partition coefficient (Wildman–Crippen LogP) is 4.06. The molecule has 2 heterocycles. The Bertz CT molecular complexity index is 783. The first kappa shape index (κ1) is 15.6. The van der Waals surface area contributed by atoms with Gasteiger partial charge >= 0.3 is 5.97 Å². The molecular formula is C16H15N3O2S2. The number of carbonyl (C=O) groups excluding carboxylic acids is 1. The lowest BCUT2D eigenvalue weighted by atomic mass is 10.2. The first-order chi connectivity index (χ1) is 11.3. The van der Waals surface area contributed by atoms with Crippen molar-refractivity contribution in [1.29, 1.82) is 0 Å². The van der Waals surface area contributed by atoms with Gasteiger partial charge in [-0.1, -0.05) is 30.3 Å².